The first-order valence-electron chi connectivity index (χ1n) is 7.59. The summed E-state index contributed by atoms with van der Waals surface area (Å²) in [5.41, 5.74) is 0.389. The molecule has 0 unspecified atom stereocenters. The average molecular weight is 447 g/mol. The Hall–Kier alpha value is -1.55. The molecule has 0 bridgehead atoms. The van der Waals surface area contributed by atoms with Crippen LogP contribution >= 0.6 is 35.4 Å². The first-order valence-corrected chi connectivity index (χ1v) is 8.75. The van der Waals surface area contributed by atoms with Gasteiger partial charge in [0.05, 0.1) is 18.2 Å². The fraction of sp³-hybridized carbons (Fsp3) is 0.118. The van der Waals surface area contributed by atoms with Gasteiger partial charge >= 0.3 is 35.5 Å². The maximum atomic E-state index is 12.4. The number of aliphatic carboxylic acids is 1. The summed E-state index contributed by atoms with van der Waals surface area (Å²) >= 11 is 17.3. The number of benzene rings is 2. The van der Waals surface area contributed by atoms with Crippen molar-refractivity contribution < 1.29 is 53.7 Å². The van der Waals surface area contributed by atoms with E-state index in [-0.39, 0.29) is 46.4 Å². The number of carbonyl (C=O) groups excluding carboxylic acids is 2. The summed E-state index contributed by atoms with van der Waals surface area (Å²) in [6.07, 6.45) is 0. The predicted octanol–water partition coefficient (Wildman–Crippen LogP) is -0.958. The van der Waals surface area contributed by atoms with Crippen molar-refractivity contribution in [2.75, 3.05) is 18.5 Å². The fourth-order valence-corrected chi connectivity index (χ4v) is 3.68. The van der Waals surface area contributed by atoms with E-state index in [0.29, 0.717) is 32.3 Å². The summed E-state index contributed by atoms with van der Waals surface area (Å²) in [6, 6.07) is 6.54. The minimum Gasteiger partial charge on any atom is -0.548 e. The van der Waals surface area contributed by atoms with E-state index in [1.165, 1.54) is 11.9 Å². The van der Waals surface area contributed by atoms with Crippen LogP contribution in [-0.4, -0.2) is 35.5 Å². The number of carbonyl (C=O) groups is 2. The average Bonchev–Trinajstić information content (AvgIpc) is 3.07. The number of hydrogen-bond donors (Lipinski definition) is 0. The van der Waals surface area contributed by atoms with Crippen molar-refractivity contribution in [1.82, 2.24) is 4.90 Å². The molecular weight excluding hydrogens is 438 g/mol. The molecular formula is C17H9Cl2N2NaO5S. The number of hydrogen-bond acceptors (Lipinski definition) is 7. The Morgan fingerprint density at radius 2 is 1.93 bits per heavy atom. The number of carboxylic acids is 1. The van der Waals surface area contributed by atoms with Gasteiger partial charge in [0.2, 0.25) is 5.88 Å². The van der Waals surface area contributed by atoms with Gasteiger partial charge in [-0.1, -0.05) is 23.2 Å². The van der Waals surface area contributed by atoms with Crippen molar-refractivity contribution in [2.24, 2.45) is 0 Å². The second-order valence-electron chi connectivity index (χ2n) is 5.82. The number of amides is 1. The molecule has 7 nitrogen and oxygen atoms in total. The molecule has 0 radical (unpaired) electrons. The van der Waals surface area contributed by atoms with Crippen LogP contribution in [0.25, 0.3) is 10.8 Å². The van der Waals surface area contributed by atoms with Gasteiger partial charge in [-0.15, -0.1) is 0 Å². The molecule has 1 amide bonds. The van der Waals surface area contributed by atoms with Gasteiger partial charge in [-0.2, -0.15) is 0 Å². The molecule has 138 valence electrons. The minimum absolute atomic E-state index is 0. The molecule has 0 N–H and O–H groups in total. The third kappa shape index (κ3) is 3.34. The molecule has 2 aromatic carbocycles. The standard InChI is InChI=1S/C17H10Cl2N2O5S.Na/c1-20-15(24)14(26-17(20)27)16-21(6-12(22)23)13-9-4-7(18)5-10(19)8(9)2-3-11(13)25-16;/h2-5H,6H2,1H3,(H,22,23);/q;+1/p-1/b16-14-;. The smallest absolute Gasteiger partial charge is 0.548 e. The second kappa shape index (κ2) is 7.70. The van der Waals surface area contributed by atoms with E-state index < -0.39 is 18.4 Å². The second-order valence-corrected chi connectivity index (χ2v) is 7.01. The van der Waals surface area contributed by atoms with Crippen LogP contribution in [0.5, 0.6) is 5.75 Å². The SMILES string of the molecule is CN1C(=O)/C(=C2/Oc3ccc4c(Cl)cc(Cl)cc4c3N2CC(=O)[O-])OC1=S.[Na+]. The Labute approximate surface area is 196 Å². The topological polar surface area (TPSA) is 82.1 Å². The van der Waals surface area contributed by atoms with E-state index in [1.807, 2.05) is 0 Å². The van der Waals surface area contributed by atoms with E-state index in [4.69, 9.17) is 44.9 Å². The summed E-state index contributed by atoms with van der Waals surface area (Å²) in [4.78, 5) is 26.2. The van der Waals surface area contributed by atoms with E-state index in [9.17, 15) is 14.7 Å². The van der Waals surface area contributed by atoms with Crippen LogP contribution in [0.15, 0.2) is 35.9 Å². The maximum absolute atomic E-state index is 12.4. The Bertz CT molecular complexity index is 1090. The molecule has 0 atom stereocenters. The molecule has 0 saturated carbocycles. The molecule has 0 aromatic heterocycles. The maximum Gasteiger partial charge on any atom is 1.00 e. The summed E-state index contributed by atoms with van der Waals surface area (Å²) in [6.45, 7) is -0.581. The third-order valence-electron chi connectivity index (χ3n) is 4.15. The molecule has 0 spiro atoms. The van der Waals surface area contributed by atoms with Crippen LogP contribution < -0.4 is 44.3 Å². The molecule has 0 aliphatic carbocycles. The zero-order chi connectivity index (χ0) is 19.5. The number of anilines is 1. The van der Waals surface area contributed by atoms with E-state index >= 15 is 0 Å². The number of carboxylic acid groups (broad SMARTS) is 1. The quantitative estimate of drug-likeness (QED) is 0.334. The van der Waals surface area contributed by atoms with Crippen molar-refractivity contribution >= 4 is 68.9 Å². The van der Waals surface area contributed by atoms with Gasteiger partial charge in [-0.25, -0.2) is 0 Å². The summed E-state index contributed by atoms with van der Waals surface area (Å²) < 4.78 is 11.1. The third-order valence-corrected chi connectivity index (χ3v) is 5.04. The Balaban J connectivity index is 0.00000225. The van der Waals surface area contributed by atoms with Gasteiger partial charge in [0.1, 0.15) is 0 Å². The number of nitrogens with zero attached hydrogens (tertiary/aromatic N) is 2. The van der Waals surface area contributed by atoms with Crippen LogP contribution in [-0.2, 0) is 14.3 Å². The monoisotopic (exact) mass is 446 g/mol. The van der Waals surface area contributed by atoms with Crippen molar-refractivity contribution in [2.45, 2.75) is 0 Å². The van der Waals surface area contributed by atoms with Crippen LogP contribution in [0, 0.1) is 0 Å². The Morgan fingerprint density at radius 1 is 1.21 bits per heavy atom. The number of ether oxygens (including phenoxy) is 2. The molecule has 4 rings (SSSR count). The van der Waals surface area contributed by atoms with E-state index in [0.717, 1.165) is 4.90 Å². The molecule has 1 fully saturated rings. The molecule has 2 heterocycles. The van der Waals surface area contributed by atoms with Crippen LogP contribution in [0.2, 0.25) is 10.0 Å². The number of thiocarbonyl (C=S) groups is 1. The van der Waals surface area contributed by atoms with E-state index in [1.54, 1.807) is 24.3 Å². The van der Waals surface area contributed by atoms with Gasteiger partial charge in [-0.05, 0) is 36.5 Å². The number of rotatable bonds is 2. The van der Waals surface area contributed by atoms with Crippen molar-refractivity contribution in [3.05, 3.63) is 46.0 Å². The van der Waals surface area contributed by atoms with Gasteiger partial charge in [0, 0.05) is 27.9 Å². The molecule has 2 aromatic rings. The van der Waals surface area contributed by atoms with Gasteiger partial charge in [0.25, 0.3) is 10.9 Å². The normalized spacial score (nSPS) is 18.1. The van der Waals surface area contributed by atoms with Gasteiger partial charge in [0.15, 0.2) is 5.75 Å². The minimum atomic E-state index is -1.38. The molecule has 2 aliphatic heterocycles. The fourth-order valence-electron chi connectivity index (χ4n) is 2.96. The zero-order valence-corrected chi connectivity index (χ0v) is 18.9. The summed E-state index contributed by atoms with van der Waals surface area (Å²) in [5.74, 6) is -1.90. The first kappa shape index (κ1) is 21.2. The number of likely N-dealkylation sites (N-methyl/N-ethyl adjacent to an activating group) is 1. The van der Waals surface area contributed by atoms with E-state index in [2.05, 4.69) is 0 Å². The number of halogens is 2. The van der Waals surface area contributed by atoms with Crippen molar-refractivity contribution in [1.29, 1.82) is 0 Å². The summed E-state index contributed by atoms with van der Waals surface area (Å²) in [5, 5.41) is 13.3. The van der Waals surface area contributed by atoms with Gasteiger partial charge in [-0.3, -0.25) is 14.6 Å². The molecule has 11 heteroatoms. The molecule has 2 aliphatic rings. The molecule has 1 saturated heterocycles. The predicted molar refractivity (Wildman–Crippen MR) is 100 cm³/mol. The van der Waals surface area contributed by atoms with Crippen molar-refractivity contribution in [3.8, 4) is 5.75 Å². The number of fused-ring (bicyclic) bond motifs is 3. The van der Waals surface area contributed by atoms with Crippen LogP contribution in [0.4, 0.5) is 5.69 Å². The van der Waals surface area contributed by atoms with Gasteiger partial charge < -0.3 is 19.4 Å². The molecule has 28 heavy (non-hydrogen) atoms. The van der Waals surface area contributed by atoms with Crippen LogP contribution in [0.3, 0.4) is 0 Å². The first-order chi connectivity index (χ1) is 12.8. The van der Waals surface area contributed by atoms with Crippen molar-refractivity contribution in [3.63, 3.8) is 0 Å². The Morgan fingerprint density at radius 3 is 2.54 bits per heavy atom. The summed E-state index contributed by atoms with van der Waals surface area (Å²) in [7, 11) is 1.44. The largest absolute Gasteiger partial charge is 1.00 e. The zero-order valence-electron chi connectivity index (χ0n) is 14.6. The Kier molecular flexibility index (Phi) is 5.82. The van der Waals surface area contributed by atoms with Crippen LogP contribution in [0.1, 0.15) is 0 Å².